The van der Waals surface area contributed by atoms with Crippen LogP contribution in [0.25, 0.3) is 0 Å². The Hall–Kier alpha value is -1.11. The highest BCUT2D eigenvalue weighted by Crippen LogP contribution is 2.33. The van der Waals surface area contributed by atoms with E-state index in [0.29, 0.717) is 0 Å². The zero-order valence-corrected chi connectivity index (χ0v) is 8.96. The summed E-state index contributed by atoms with van der Waals surface area (Å²) in [6.07, 6.45) is 3.79. The van der Waals surface area contributed by atoms with Gasteiger partial charge in [-0.05, 0) is 43.7 Å². The van der Waals surface area contributed by atoms with Crippen LogP contribution in [-0.2, 0) is 0 Å². The van der Waals surface area contributed by atoms with Crippen molar-refractivity contribution in [1.29, 1.82) is 0 Å². The van der Waals surface area contributed by atoms with Gasteiger partial charge in [-0.2, -0.15) is 0 Å². The van der Waals surface area contributed by atoms with Crippen molar-refractivity contribution in [2.75, 3.05) is 0 Å². The summed E-state index contributed by atoms with van der Waals surface area (Å²) in [4.78, 5) is 4.76. The minimum Gasteiger partial charge on any atom is -0.257 e. The SMILES string of the molecule is CCC(=Nc1ccccc1C)C1CC1. The average Bonchev–Trinajstić information content (AvgIpc) is 3.00. The van der Waals surface area contributed by atoms with E-state index in [-0.39, 0.29) is 0 Å². The van der Waals surface area contributed by atoms with E-state index in [1.54, 1.807) is 0 Å². The van der Waals surface area contributed by atoms with E-state index in [2.05, 4.69) is 38.1 Å². The predicted octanol–water partition coefficient (Wildman–Crippen LogP) is 3.89. The minimum atomic E-state index is 0.791. The molecule has 1 fully saturated rings. The molecule has 2 rings (SSSR count). The van der Waals surface area contributed by atoms with Gasteiger partial charge in [0.2, 0.25) is 0 Å². The molecular weight excluding hydrogens is 170 g/mol. The summed E-state index contributed by atoms with van der Waals surface area (Å²) in [7, 11) is 0. The first-order valence-corrected chi connectivity index (χ1v) is 5.44. The third-order valence-corrected chi connectivity index (χ3v) is 2.79. The highest BCUT2D eigenvalue weighted by Gasteiger charge is 2.26. The fourth-order valence-electron chi connectivity index (χ4n) is 1.72. The molecule has 1 aromatic rings. The van der Waals surface area contributed by atoms with Gasteiger partial charge < -0.3 is 0 Å². The molecule has 1 nitrogen and oxygen atoms in total. The van der Waals surface area contributed by atoms with Crippen molar-refractivity contribution in [1.82, 2.24) is 0 Å². The van der Waals surface area contributed by atoms with Gasteiger partial charge in [0.05, 0.1) is 5.69 Å². The summed E-state index contributed by atoms with van der Waals surface area (Å²) in [5, 5.41) is 0. The summed E-state index contributed by atoms with van der Waals surface area (Å²) in [6.45, 7) is 4.33. The average molecular weight is 187 g/mol. The Balaban J connectivity index is 2.26. The summed E-state index contributed by atoms with van der Waals surface area (Å²) in [6, 6.07) is 8.36. The van der Waals surface area contributed by atoms with Gasteiger partial charge in [-0.3, -0.25) is 4.99 Å². The molecule has 74 valence electrons. The Labute approximate surface area is 85.9 Å². The lowest BCUT2D eigenvalue weighted by Crippen LogP contribution is -1.97. The van der Waals surface area contributed by atoms with Crippen LogP contribution in [0.3, 0.4) is 0 Å². The molecule has 0 aliphatic heterocycles. The lowest BCUT2D eigenvalue weighted by atomic mass is 10.1. The molecule has 0 unspecified atom stereocenters. The zero-order chi connectivity index (χ0) is 9.97. The van der Waals surface area contributed by atoms with Crippen LogP contribution in [0.2, 0.25) is 0 Å². The smallest absolute Gasteiger partial charge is 0.0658 e. The molecule has 1 saturated carbocycles. The van der Waals surface area contributed by atoms with E-state index in [0.717, 1.165) is 18.0 Å². The highest BCUT2D eigenvalue weighted by atomic mass is 14.8. The Morgan fingerprint density at radius 1 is 1.36 bits per heavy atom. The van der Waals surface area contributed by atoms with E-state index in [9.17, 15) is 0 Å². The molecule has 14 heavy (non-hydrogen) atoms. The van der Waals surface area contributed by atoms with Gasteiger partial charge in [0.15, 0.2) is 0 Å². The Bertz CT molecular complexity index is 348. The van der Waals surface area contributed by atoms with Crippen LogP contribution in [0.4, 0.5) is 5.69 Å². The zero-order valence-electron chi connectivity index (χ0n) is 8.96. The van der Waals surface area contributed by atoms with E-state index in [1.807, 2.05) is 0 Å². The molecule has 0 spiro atoms. The number of nitrogens with zero attached hydrogens (tertiary/aromatic N) is 1. The molecule has 0 amide bonds. The predicted molar refractivity (Wildman–Crippen MR) is 61.3 cm³/mol. The lowest BCUT2D eigenvalue weighted by Gasteiger charge is -2.03. The third-order valence-electron chi connectivity index (χ3n) is 2.79. The molecule has 0 atom stereocenters. The standard InChI is InChI=1S/C13H17N/c1-3-12(11-8-9-11)14-13-7-5-4-6-10(13)2/h4-7,11H,3,8-9H2,1-2H3. The molecule has 0 heterocycles. The Morgan fingerprint density at radius 2 is 2.07 bits per heavy atom. The number of rotatable bonds is 3. The van der Waals surface area contributed by atoms with Crippen LogP contribution in [0, 0.1) is 12.8 Å². The molecule has 1 heteroatoms. The van der Waals surface area contributed by atoms with Gasteiger partial charge in [0.1, 0.15) is 0 Å². The number of aliphatic imine (C=N–C) groups is 1. The molecule has 0 N–H and O–H groups in total. The monoisotopic (exact) mass is 187 g/mol. The van der Waals surface area contributed by atoms with Gasteiger partial charge in [0.25, 0.3) is 0 Å². The van der Waals surface area contributed by atoms with Crippen molar-refractivity contribution in [2.24, 2.45) is 10.9 Å². The summed E-state index contributed by atoms with van der Waals surface area (Å²) in [5.41, 5.74) is 3.81. The van der Waals surface area contributed by atoms with Crippen molar-refractivity contribution in [3.8, 4) is 0 Å². The second kappa shape index (κ2) is 3.95. The van der Waals surface area contributed by atoms with Crippen molar-refractivity contribution in [3.05, 3.63) is 29.8 Å². The Morgan fingerprint density at radius 3 is 2.64 bits per heavy atom. The number of benzene rings is 1. The number of para-hydroxylation sites is 1. The molecule has 1 aliphatic carbocycles. The molecule has 0 bridgehead atoms. The van der Waals surface area contributed by atoms with Crippen molar-refractivity contribution < 1.29 is 0 Å². The molecule has 0 radical (unpaired) electrons. The van der Waals surface area contributed by atoms with Crippen molar-refractivity contribution in [3.63, 3.8) is 0 Å². The second-order valence-electron chi connectivity index (χ2n) is 4.02. The largest absolute Gasteiger partial charge is 0.257 e. The van der Waals surface area contributed by atoms with Gasteiger partial charge in [-0.25, -0.2) is 0 Å². The van der Waals surface area contributed by atoms with Crippen molar-refractivity contribution >= 4 is 11.4 Å². The normalized spacial score (nSPS) is 17.1. The van der Waals surface area contributed by atoms with Crippen LogP contribution in [0.15, 0.2) is 29.3 Å². The van der Waals surface area contributed by atoms with Crippen LogP contribution < -0.4 is 0 Å². The molecule has 1 aliphatic rings. The minimum absolute atomic E-state index is 0.791. The third kappa shape index (κ3) is 2.03. The highest BCUT2D eigenvalue weighted by molar-refractivity contribution is 5.90. The van der Waals surface area contributed by atoms with E-state index in [1.165, 1.54) is 24.1 Å². The first-order chi connectivity index (χ1) is 6.81. The fourth-order valence-corrected chi connectivity index (χ4v) is 1.72. The summed E-state index contributed by atoms with van der Waals surface area (Å²) < 4.78 is 0. The summed E-state index contributed by atoms with van der Waals surface area (Å²) >= 11 is 0. The van der Waals surface area contributed by atoms with Crippen molar-refractivity contribution in [2.45, 2.75) is 33.1 Å². The Kier molecular flexibility index (Phi) is 2.67. The van der Waals surface area contributed by atoms with E-state index in [4.69, 9.17) is 4.99 Å². The van der Waals surface area contributed by atoms with Gasteiger partial charge in [-0.15, -0.1) is 0 Å². The maximum absolute atomic E-state index is 4.76. The topological polar surface area (TPSA) is 12.4 Å². The van der Waals surface area contributed by atoms with Gasteiger partial charge >= 0.3 is 0 Å². The van der Waals surface area contributed by atoms with Gasteiger partial charge in [0, 0.05) is 5.71 Å². The second-order valence-corrected chi connectivity index (χ2v) is 4.02. The first kappa shape index (κ1) is 9.45. The van der Waals surface area contributed by atoms with E-state index >= 15 is 0 Å². The molecular formula is C13H17N. The van der Waals surface area contributed by atoms with E-state index < -0.39 is 0 Å². The van der Waals surface area contributed by atoms with Gasteiger partial charge in [-0.1, -0.05) is 25.1 Å². The molecule has 0 aromatic heterocycles. The number of hydrogen-bond acceptors (Lipinski definition) is 1. The maximum Gasteiger partial charge on any atom is 0.0658 e. The van der Waals surface area contributed by atoms with Crippen LogP contribution >= 0.6 is 0 Å². The van der Waals surface area contributed by atoms with Crippen LogP contribution in [0.1, 0.15) is 31.7 Å². The van der Waals surface area contributed by atoms with Crippen LogP contribution in [-0.4, -0.2) is 5.71 Å². The molecule has 0 saturated heterocycles. The first-order valence-electron chi connectivity index (χ1n) is 5.44. The fraction of sp³-hybridized carbons (Fsp3) is 0.462. The van der Waals surface area contributed by atoms with Crippen LogP contribution in [0.5, 0.6) is 0 Å². The maximum atomic E-state index is 4.76. The number of aryl methyl sites for hydroxylation is 1. The quantitative estimate of drug-likeness (QED) is 0.637. The lowest BCUT2D eigenvalue weighted by molar-refractivity contribution is 1.09. The number of hydrogen-bond donors (Lipinski definition) is 0. The molecule has 1 aromatic carbocycles. The summed E-state index contributed by atoms with van der Waals surface area (Å²) in [5.74, 6) is 0.791.